The molecule has 9 nitrogen and oxygen atoms in total. The van der Waals surface area contributed by atoms with E-state index in [1.165, 1.54) is 12.3 Å². The van der Waals surface area contributed by atoms with Crippen LogP contribution < -0.4 is 4.31 Å². The van der Waals surface area contributed by atoms with Crippen molar-refractivity contribution in [3.8, 4) is 6.07 Å². The van der Waals surface area contributed by atoms with Gasteiger partial charge in [-0.3, -0.25) is 14.1 Å². The molecule has 2 N–H and O–H groups in total. The molecule has 0 aliphatic rings. The van der Waals surface area contributed by atoms with Crippen LogP contribution in [-0.2, 0) is 27.7 Å². The fourth-order valence-electron chi connectivity index (χ4n) is 4.48. The second-order valence-electron chi connectivity index (χ2n) is 8.83. The summed E-state index contributed by atoms with van der Waals surface area (Å²) in [7, 11) is -4.28. The molecule has 0 bridgehead atoms. The Morgan fingerprint density at radius 2 is 1.79 bits per heavy atom. The molecule has 0 saturated heterocycles. The van der Waals surface area contributed by atoms with E-state index < -0.39 is 22.5 Å². The largest absolute Gasteiger partial charge is 0.480 e. The van der Waals surface area contributed by atoms with Gasteiger partial charge in [0.25, 0.3) is 10.0 Å². The van der Waals surface area contributed by atoms with E-state index in [0.717, 1.165) is 21.2 Å². The van der Waals surface area contributed by atoms with Gasteiger partial charge in [-0.1, -0.05) is 30.3 Å². The first-order valence-electron chi connectivity index (χ1n) is 11.8. The lowest BCUT2D eigenvalue weighted by Crippen LogP contribution is -2.36. The van der Waals surface area contributed by atoms with Gasteiger partial charge in [-0.15, -0.1) is 0 Å². The van der Waals surface area contributed by atoms with Crippen molar-refractivity contribution < 1.29 is 18.3 Å². The number of benzene rings is 3. The van der Waals surface area contributed by atoms with Gasteiger partial charge in [0.15, 0.2) is 0 Å². The zero-order valence-electron chi connectivity index (χ0n) is 20.4. The van der Waals surface area contributed by atoms with Crippen LogP contribution in [0.2, 0.25) is 0 Å². The molecular weight excluding hydrogens is 502 g/mol. The molecule has 38 heavy (non-hydrogen) atoms. The van der Waals surface area contributed by atoms with Crippen molar-refractivity contribution in [3.63, 3.8) is 0 Å². The number of aliphatic carboxylic acids is 1. The topological polar surface area (TPSA) is 140 Å². The number of aromatic nitrogens is 3. The molecule has 5 aromatic rings. The van der Waals surface area contributed by atoms with E-state index in [-0.39, 0.29) is 16.1 Å². The third kappa shape index (κ3) is 4.67. The van der Waals surface area contributed by atoms with Crippen LogP contribution >= 0.6 is 0 Å². The first-order chi connectivity index (χ1) is 18.3. The molecule has 0 atom stereocenters. The number of fused-ring (bicyclic) bond motifs is 2. The number of sulfonamides is 1. The summed E-state index contributed by atoms with van der Waals surface area (Å²) in [5, 5.41) is 19.2. The molecule has 0 fully saturated rings. The Balaban J connectivity index is 1.52. The lowest BCUT2D eigenvalue weighted by Gasteiger charge is -2.25. The average Bonchev–Trinajstić information content (AvgIpc) is 3.35. The number of carboxylic acids is 1. The van der Waals surface area contributed by atoms with Crippen molar-refractivity contribution in [2.75, 3.05) is 10.8 Å². The fourth-order valence-corrected chi connectivity index (χ4v) is 6.12. The van der Waals surface area contributed by atoms with Gasteiger partial charge in [-0.05, 0) is 55.3 Å². The summed E-state index contributed by atoms with van der Waals surface area (Å²) < 4.78 is 28.6. The van der Waals surface area contributed by atoms with Crippen LogP contribution in [0.15, 0.2) is 77.8 Å². The first-order valence-corrected chi connectivity index (χ1v) is 13.3. The Morgan fingerprint density at radius 1 is 1.03 bits per heavy atom. The lowest BCUT2D eigenvalue weighted by atomic mass is 10.1. The van der Waals surface area contributed by atoms with E-state index >= 15 is 0 Å². The van der Waals surface area contributed by atoms with Crippen molar-refractivity contribution in [2.45, 2.75) is 24.7 Å². The summed E-state index contributed by atoms with van der Waals surface area (Å²) in [6.45, 7) is 0.975. The number of H-pyrrole nitrogens is 1. The predicted octanol–water partition coefficient (Wildman–Crippen LogP) is 4.36. The zero-order chi connectivity index (χ0) is 26.9. The molecule has 0 radical (unpaired) electrons. The molecule has 0 unspecified atom stereocenters. The van der Waals surface area contributed by atoms with E-state index in [4.69, 9.17) is 10.2 Å². The summed E-state index contributed by atoms with van der Waals surface area (Å²) >= 11 is 0. The number of aromatic amines is 1. The summed E-state index contributed by atoms with van der Waals surface area (Å²) in [6.07, 6.45) is 2.81. The summed E-state index contributed by atoms with van der Waals surface area (Å²) in [6, 6.07) is 21.0. The molecule has 0 aliphatic heterocycles. The minimum Gasteiger partial charge on any atom is -0.480 e. The number of para-hydroxylation sites is 1. The van der Waals surface area contributed by atoms with Gasteiger partial charge in [0.2, 0.25) is 0 Å². The predicted molar refractivity (Wildman–Crippen MR) is 143 cm³/mol. The standard InChI is InChI=1S/C28H23N5O4S/c1-18-23(13-12-22-27(18)32-25(31-22)14-11-19-7-9-20(16-29)10-8-19)33(17-26(34)35)38(36,37)24-6-2-4-21-5-3-15-30-28(21)24/h2-10,12-13,15H,11,14,17H2,1H3,(H,31,32)(H,34,35). The maximum absolute atomic E-state index is 13.9. The highest BCUT2D eigenvalue weighted by molar-refractivity contribution is 7.93. The van der Waals surface area contributed by atoms with Gasteiger partial charge < -0.3 is 10.1 Å². The van der Waals surface area contributed by atoms with E-state index in [1.807, 2.05) is 12.1 Å². The highest BCUT2D eigenvalue weighted by Gasteiger charge is 2.31. The first kappa shape index (κ1) is 24.9. The molecule has 0 saturated carbocycles. The quantitative estimate of drug-likeness (QED) is 0.307. The Labute approximate surface area is 219 Å². The Kier molecular flexibility index (Phi) is 6.53. The molecule has 2 heterocycles. The normalized spacial score (nSPS) is 11.5. The third-order valence-electron chi connectivity index (χ3n) is 6.37. The second kappa shape index (κ2) is 9.95. The molecular formula is C28H23N5O4S. The Hall–Kier alpha value is -4.75. The van der Waals surface area contributed by atoms with E-state index in [9.17, 15) is 18.3 Å². The molecule has 190 valence electrons. The van der Waals surface area contributed by atoms with Crippen LogP contribution in [0.5, 0.6) is 0 Å². The van der Waals surface area contributed by atoms with Gasteiger partial charge in [-0.2, -0.15) is 5.26 Å². The number of imidazole rings is 1. The van der Waals surface area contributed by atoms with Crippen LogP contribution in [0, 0.1) is 18.3 Å². The molecule has 0 aliphatic carbocycles. The van der Waals surface area contributed by atoms with Crippen LogP contribution in [-0.4, -0.2) is 41.0 Å². The number of carbonyl (C=O) groups is 1. The molecule has 10 heteroatoms. The number of hydrogen-bond donors (Lipinski definition) is 2. The number of carboxylic acid groups (broad SMARTS) is 1. The fraction of sp³-hybridized carbons (Fsp3) is 0.143. The molecule has 5 rings (SSSR count). The molecule has 3 aromatic carbocycles. The second-order valence-corrected chi connectivity index (χ2v) is 10.7. The van der Waals surface area contributed by atoms with Gasteiger partial charge >= 0.3 is 5.97 Å². The molecule has 2 aromatic heterocycles. The average molecular weight is 526 g/mol. The third-order valence-corrected chi connectivity index (χ3v) is 8.16. The van der Waals surface area contributed by atoms with Crippen LogP contribution in [0.1, 0.15) is 22.5 Å². The summed E-state index contributed by atoms with van der Waals surface area (Å²) in [5.74, 6) is -0.568. The highest BCUT2D eigenvalue weighted by Crippen LogP contribution is 2.33. The number of nitrogens with one attached hydrogen (secondary N) is 1. The lowest BCUT2D eigenvalue weighted by molar-refractivity contribution is -0.135. The number of anilines is 1. The van der Waals surface area contributed by atoms with Gasteiger partial charge in [0.1, 0.15) is 17.3 Å². The van der Waals surface area contributed by atoms with Crippen molar-refractivity contribution in [2.24, 2.45) is 0 Å². The number of aryl methyl sites for hydroxylation is 3. The molecule has 0 amide bonds. The van der Waals surface area contributed by atoms with Crippen LogP contribution in [0.3, 0.4) is 0 Å². The number of rotatable bonds is 8. The smallest absolute Gasteiger partial charge is 0.324 e. The van der Waals surface area contributed by atoms with Gasteiger partial charge in [0, 0.05) is 23.6 Å². The van der Waals surface area contributed by atoms with Crippen molar-refractivity contribution in [1.29, 1.82) is 5.26 Å². The van der Waals surface area contributed by atoms with E-state index in [2.05, 4.69) is 16.0 Å². The monoisotopic (exact) mass is 525 g/mol. The summed E-state index contributed by atoms with van der Waals surface area (Å²) in [4.78, 5) is 24.0. The highest BCUT2D eigenvalue weighted by atomic mass is 32.2. The van der Waals surface area contributed by atoms with Crippen LogP contribution in [0.25, 0.3) is 21.9 Å². The van der Waals surface area contributed by atoms with E-state index in [1.54, 1.807) is 55.5 Å². The maximum Gasteiger partial charge on any atom is 0.324 e. The SMILES string of the molecule is Cc1c(N(CC(=O)O)S(=O)(=O)c2cccc3cccnc23)ccc2[nH]c(CCc3ccc(C#N)cc3)nc12. The van der Waals surface area contributed by atoms with Gasteiger partial charge in [0.05, 0.1) is 33.9 Å². The Bertz CT molecular complexity index is 1820. The van der Waals surface area contributed by atoms with Crippen molar-refractivity contribution >= 4 is 43.6 Å². The maximum atomic E-state index is 13.9. The van der Waals surface area contributed by atoms with Crippen molar-refractivity contribution in [3.05, 3.63) is 95.4 Å². The number of nitrogens with zero attached hydrogens (tertiary/aromatic N) is 4. The van der Waals surface area contributed by atoms with E-state index in [0.29, 0.717) is 34.9 Å². The van der Waals surface area contributed by atoms with Crippen LogP contribution in [0.4, 0.5) is 5.69 Å². The number of nitriles is 1. The number of hydrogen-bond acceptors (Lipinski definition) is 6. The van der Waals surface area contributed by atoms with Crippen molar-refractivity contribution in [1.82, 2.24) is 15.0 Å². The summed E-state index contributed by atoms with van der Waals surface area (Å²) in [5.41, 5.74) is 4.00. The Morgan fingerprint density at radius 3 is 2.53 bits per heavy atom. The zero-order valence-corrected chi connectivity index (χ0v) is 21.2. The minimum atomic E-state index is -4.28. The minimum absolute atomic E-state index is 0.0681. The molecule has 0 spiro atoms. The van der Waals surface area contributed by atoms with Gasteiger partial charge in [-0.25, -0.2) is 13.4 Å². The number of pyridine rings is 1.